The van der Waals surface area contributed by atoms with Crippen LogP contribution >= 0.6 is 11.8 Å². The van der Waals surface area contributed by atoms with Gasteiger partial charge in [-0.3, -0.25) is 9.52 Å². The molecule has 0 unspecified atom stereocenters. The number of amides is 1. The van der Waals surface area contributed by atoms with E-state index in [4.69, 9.17) is 0 Å². The number of benzene rings is 3. The summed E-state index contributed by atoms with van der Waals surface area (Å²) < 4.78 is 28.4. The number of fused-ring (bicyclic) bond motifs is 1. The highest BCUT2D eigenvalue weighted by atomic mass is 32.2. The Hall–Kier alpha value is -2.73. The number of rotatable bonds is 11. The molecule has 0 bridgehead atoms. The van der Waals surface area contributed by atoms with Crippen LogP contribution in [0.5, 0.6) is 5.75 Å². The summed E-state index contributed by atoms with van der Waals surface area (Å²) in [4.78, 5) is 12.9. The van der Waals surface area contributed by atoms with E-state index >= 15 is 0 Å². The molecule has 3 rings (SSSR count). The van der Waals surface area contributed by atoms with Gasteiger partial charge in [-0.15, -0.1) is 11.8 Å². The molecule has 5 N–H and O–H groups in total. The third-order valence-electron chi connectivity index (χ3n) is 5.30. The molecular formula is C24H29BN2O6S2. The lowest BCUT2D eigenvalue weighted by atomic mass is 9.75. The average Bonchev–Trinajstić information content (AvgIpc) is 2.81. The Bertz CT molecular complexity index is 1270. The van der Waals surface area contributed by atoms with Crippen molar-refractivity contribution in [2.45, 2.75) is 42.4 Å². The number of hydrogen-bond acceptors (Lipinski definition) is 7. The number of carbonyl (C=O) groups is 1. The maximum Gasteiger partial charge on any atom is 0.475 e. The number of nitrogens with one attached hydrogen (secondary N) is 2. The molecule has 1 amide bonds. The minimum atomic E-state index is -3.85. The van der Waals surface area contributed by atoms with Gasteiger partial charge < -0.3 is 20.5 Å². The molecule has 0 aliphatic carbocycles. The Balaban J connectivity index is 1.78. The van der Waals surface area contributed by atoms with Gasteiger partial charge in [0.05, 0.1) is 21.4 Å². The second kappa shape index (κ2) is 11.8. The summed E-state index contributed by atoms with van der Waals surface area (Å²) in [6, 6.07) is 16.5. The van der Waals surface area contributed by atoms with Gasteiger partial charge in [-0.2, -0.15) is 0 Å². The van der Waals surface area contributed by atoms with Crippen molar-refractivity contribution in [3.05, 3.63) is 60.7 Å². The SMILES string of the molecule is CC(C)C[C@H](NC(=O)CCSc1cc(NS(=O)(=O)c2ccccc2)c2ccccc2c1O)B(O)O. The van der Waals surface area contributed by atoms with Crippen molar-refractivity contribution >= 4 is 51.3 Å². The zero-order valence-corrected chi connectivity index (χ0v) is 21.1. The molecule has 0 radical (unpaired) electrons. The highest BCUT2D eigenvalue weighted by molar-refractivity contribution is 7.99. The first kappa shape index (κ1) is 26.9. The number of phenols is 1. The summed E-state index contributed by atoms with van der Waals surface area (Å²) >= 11 is 1.20. The van der Waals surface area contributed by atoms with Gasteiger partial charge in [0.2, 0.25) is 5.91 Å². The fourth-order valence-electron chi connectivity index (χ4n) is 3.63. The molecule has 35 heavy (non-hydrogen) atoms. The van der Waals surface area contributed by atoms with Crippen LogP contribution < -0.4 is 10.0 Å². The Morgan fingerprint density at radius 3 is 2.29 bits per heavy atom. The number of thioether (sulfide) groups is 1. The zero-order chi connectivity index (χ0) is 25.6. The van der Waals surface area contributed by atoms with E-state index in [-0.39, 0.29) is 28.9 Å². The van der Waals surface area contributed by atoms with Crippen LogP contribution in [-0.4, -0.2) is 48.3 Å². The van der Waals surface area contributed by atoms with E-state index < -0.39 is 23.1 Å². The quantitative estimate of drug-likeness (QED) is 0.150. The van der Waals surface area contributed by atoms with Crippen LogP contribution in [0.2, 0.25) is 0 Å². The van der Waals surface area contributed by atoms with Crippen LogP contribution in [0.15, 0.2) is 70.5 Å². The van der Waals surface area contributed by atoms with Crippen molar-refractivity contribution in [3.8, 4) is 5.75 Å². The minimum absolute atomic E-state index is 0.00266. The van der Waals surface area contributed by atoms with Gasteiger partial charge in [-0.05, 0) is 30.5 Å². The molecule has 0 spiro atoms. The molecule has 3 aromatic carbocycles. The topological polar surface area (TPSA) is 136 Å². The molecule has 0 heterocycles. The summed E-state index contributed by atoms with van der Waals surface area (Å²) in [7, 11) is -5.51. The van der Waals surface area contributed by atoms with Gasteiger partial charge >= 0.3 is 7.12 Å². The zero-order valence-electron chi connectivity index (χ0n) is 19.5. The van der Waals surface area contributed by atoms with Crippen LogP contribution in [0.1, 0.15) is 26.7 Å². The summed E-state index contributed by atoms with van der Waals surface area (Å²) in [6.07, 6.45) is 0.496. The molecule has 8 nitrogen and oxygen atoms in total. The van der Waals surface area contributed by atoms with E-state index in [1.54, 1.807) is 48.5 Å². The maximum absolute atomic E-state index is 12.9. The Kier molecular flexibility index (Phi) is 9.06. The molecule has 3 aromatic rings. The van der Waals surface area contributed by atoms with Crippen molar-refractivity contribution < 1.29 is 28.4 Å². The summed E-state index contributed by atoms with van der Waals surface area (Å²) in [6.45, 7) is 3.84. The van der Waals surface area contributed by atoms with Crippen molar-refractivity contribution in [3.63, 3.8) is 0 Å². The van der Waals surface area contributed by atoms with Crippen LogP contribution in [0, 0.1) is 5.92 Å². The van der Waals surface area contributed by atoms with E-state index in [2.05, 4.69) is 10.0 Å². The van der Waals surface area contributed by atoms with Crippen molar-refractivity contribution in [1.82, 2.24) is 5.32 Å². The smallest absolute Gasteiger partial charge is 0.475 e. The first-order valence-corrected chi connectivity index (χ1v) is 13.7. The number of sulfonamides is 1. The summed E-state index contributed by atoms with van der Waals surface area (Å²) in [5.41, 5.74) is 0.314. The molecule has 0 aromatic heterocycles. The van der Waals surface area contributed by atoms with E-state index in [0.29, 0.717) is 33.5 Å². The van der Waals surface area contributed by atoms with Gasteiger partial charge in [-0.1, -0.05) is 56.3 Å². The van der Waals surface area contributed by atoms with Crippen molar-refractivity contribution in [2.24, 2.45) is 5.92 Å². The van der Waals surface area contributed by atoms with Gasteiger partial charge in [0.25, 0.3) is 10.0 Å². The third kappa shape index (κ3) is 7.14. The van der Waals surface area contributed by atoms with E-state index in [1.165, 1.54) is 23.9 Å². The number of carbonyl (C=O) groups excluding carboxylic acids is 1. The summed E-state index contributed by atoms with van der Waals surface area (Å²) in [5.74, 6) is -0.651. The third-order valence-corrected chi connectivity index (χ3v) is 7.71. The van der Waals surface area contributed by atoms with Crippen LogP contribution in [0.3, 0.4) is 0 Å². The van der Waals surface area contributed by atoms with Gasteiger partial charge in [-0.25, -0.2) is 8.42 Å². The molecule has 0 aliphatic heterocycles. The largest absolute Gasteiger partial charge is 0.506 e. The molecule has 0 saturated heterocycles. The molecule has 11 heteroatoms. The second-order valence-corrected chi connectivity index (χ2v) is 11.4. The molecule has 186 valence electrons. The van der Waals surface area contributed by atoms with Crippen LogP contribution in [0.25, 0.3) is 10.8 Å². The van der Waals surface area contributed by atoms with Gasteiger partial charge in [0, 0.05) is 22.9 Å². The van der Waals surface area contributed by atoms with Crippen molar-refractivity contribution in [2.75, 3.05) is 10.5 Å². The molecule has 1 atom stereocenters. The number of aromatic hydroxyl groups is 1. The maximum atomic E-state index is 12.9. The number of anilines is 1. The fraction of sp³-hybridized carbons (Fsp3) is 0.292. The average molecular weight is 516 g/mol. The van der Waals surface area contributed by atoms with Gasteiger partial charge in [0.1, 0.15) is 5.75 Å². The highest BCUT2D eigenvalue weighted by Gasteiger charge is 2.26. The van der Waals surface area contributed by atoms with E-state index in [1.807, 2.05) is 13.8 Å². The van der Waals surface area contributed by atoms with Crippen LogP contribution in [0.4, 0.5) is 5.69 Å². The monoisotopic (exact) mass is 516 g/mol. The molecule has 0 saturated carbocycles. The Morgan fingerprint density at radius 2 is 1.66 bits per heavy atom. The fourth-order valence-corrected chi connectivity index (χ4v) is 5.67. The lowest BCUT2D eigenvalue weighted by molar-refractivity contribution is -0.121. The normalized spacial score (nSPS) is 12.5. The van der Waals surface area contributed by atoms with Gasteiger partial charge in [0.15, 0.2) is 0 Å². The van der Waals surface area contributed by atoms with E-state index in [9.17, 15) is 28.4 Å². The van der Waals surface area contributed by atoms with E-state index in [0.717, 1.165) is 0 Å². The van der Waals surface area contributed by atoms with Crippen molar-refractivity contribution in [1.29, 1.82) is 0 Å². The summed E-state index contributed by atoms with van der Waals surface area (Å²) in [5, 5.41) is 33.5. The Labute approximate surface area is 210 Å². The molecule has 0 aliphatic rings. The van der Waals surface area contributed by atoms with Crippen LogP contribution in [-0.2, 0) is 14.8 Å². The second-order valence-electron chi connectivity index (χ2n) is 8.55. The molecule has 0 fully saturated rings. The first-order valence-electron chi connectivity index (χ1n) is 11.2. The Morgan fingerprint density at radius 1 is 1.03 bits per heavy atom. The predicted molar refractivity (Wildman–Crippen MR) is 140 cm³/mol. The lowest BCUT2D eigenvalue weighted by Crippen LogP contribution is -2.47. The number of phenolic OH excluding ortho intramolecular Hbond substituents is 1. The standard InChI is InChI=1S/C24H29BN2O6S2/c1-16(2)14-22(25(30)31)26-23(28)12-13-34-21-15-20(18-10-6-7-11-19(18)24(21)29)27-35(32,33)17-8-4-3-5-9-17/h3-11,15-16,22,27,29-31H,12-14H2,1-2H3,(H,26,28)/t22-/m0/s1. The number of hydrogen-bond donors (Lipinski definition) is 5. The highest BCUT2D eigenvalue weighted by Crippen LogP contribution is 2.40. The first-order chi connectivity index (χ1) is 16.6. The predicted octanol–water partition coefficient (Wildman–Crippen LogP) is 3.37. The minimum Gasteiger partial charge on any atom is -0.506 e. The lowest BCUT2D eigenvalue weighted by Gasteiger charge is -2.19. The molecular weight excluding hydrogens is 487 g/mol.